The van der Waals surface area contributed by atoms with Crippen LogP contribution in [0.15, 0.2) is 148 Å². The van der Waals surface area contributed by atoms with Gasteiger partial charge in [0.2, 0.25) is 0 Å². The monoisotopic (exact) mass is 726 g/mol. The van der Waals surface area contributed by atoms with Crippen molar-refractivity contribution in [3.8, 4) is 22.3 Å². The minimum Gasteiger partial charge on any atom is -0.456 e. The Hall–Kier alpha value is -5.86. The van der Waals surface area contributed by atoms with Gasteiger partial charge in [-0.25, -0.2) is 0 Å². The first kappa shape index (κ1) is 33.5. The Morgan fingerprint density at radius 1 is 0.411 bits per heavy atom. The average molecular weight is 727 g/mol. The zero-order valence-corrected chi connectivity index (χ0v) is 33.1. The summed E-state index contributed by atoms with van der Waals surface area (Å²) in [5.41, 5.74) is 18.5. The third kappa shape index (κ3) is 4.81. The Bertz CT molecular complexity index is 3070. The highest BCUT2D eigenvalue weighted by atomic mass is 16.3. The predicted molar refractivity (Wildman–Crippen MR) is 233 cm³/mol. The van der Waals surface area contributed by atoms with Crippen molar-refractivity contribution >= 4 is 43.9 Å². The summed E-state index contributed by atoms with van der Waals surface area (Å²) in [4.78, 5) is 0. The number of fused-ring (bicyclic) bond motifs is 10. The number of para-hydroxylation sites is 1. The molecule has 274 valence electrons. The topological polar surface area (TPSA) is 26.3 Å². The third-order valence-corrected chi connectivity index (χ3v) is 13.7. The van der Waals surface area contributed by atoms with E-state index in [0.29, 0.717) is 0 Å². The number of benzene rings is 7. The molecule has 0 saturated carbocycles. The van der Waals surface area contributed by atoms with Crippen LogP contribution < -0.4 is 0 Å². The molecule has 9 aromatic rings. The molecular formula is C54H46O2. The molecule has 2 aliphatic rings. The van der Waals surface area contributed by atoms with Gasteiger partial charge in [0.1, 0.15) is 22.3 Å². The van der Waals surface area contributed by atoms with Crippen LogP contribution in [0.2, 0.25) is 0 Å². The van der Waals surface area contributed by atoms with Gasteiger partial charge in [0.25, 0.3) is 0 Å². The van der Waals surface area contributed by atoms with Crippen LogP contribution in [0.1, 0.15) is 99.2 Å². The molecule has 0 radical (unpaired) electrons. The van der Waals surface area contributed by atoms with Gasteiger partial charge in [0.05, 0.1) is 0 Å². The lowest BCUT2D eigenvalue weighted by atomic mass is 9.63. The van der Waals surface area contributed by atoms with E-state index in [1.807, 2.05) is 6.07 Å². The fourth-order valence-electron chi connectivity index (χ4n) is 10.4. The van der Waals surface area contributed by atoms with E-state index in [4.69, 9.17) is 8.83 Å². The Labute approximate surface area is 328 Å². The summed E-state index contributed by atoms with van der Waals surface area (Å²) >= 11 is 0. The first-order valence-corrected chi connectivity index (χ1v) is 20.2. The van der Waals surface area contributed by atoms with E-state index < -0.39 is 0 Å². The lowest BCUT2D eigenvalue weighted by Crippen LogP contribution is -2.33. The zero-order chi connectivity index (χ0) is 38.1. The summed E-state index contributed by atoms with van der Waals surface area (Å²) in [5, 5.41) is 4.68. The van der Waals surface area contributed by atoms with Gasteiger partial charge in [-0.2, -0.15) is 0 Å². The van der Waals surface area contributed by atoms with Crippen LogP contribution in [0.25, 0.3) is 66.1 Å². The maximum atomic E-state index is 6.64. The highest BCUT2D eigenvalue weighted by Crippen LogP contribution is 2.52. The molecule has 2 nitrogen and oxygen atoms in total. The normalized spacial score (nSPS) is 17.0. The molecule has 2 heterocycles. The average Bonchev–Trinajstić information content (AvgIpc) is 3.83. The van der Waals surface area contributed by atoms with Crippen LogP contribution in [-0.4, -0.2) is 0 Å². The van der Waals surface area contributed by atoms with Crippen LogP contribution >= 0.6 is 0 Å². The molecule has 0 spiro atoms. The molecule has 0 saturated heterocycles. The van der Waals surface area contributed by atoms with Gasteiger partial charge in [-0.1, -0.05) is 139 Å². The van der Waals surface area contributed by atoms with Crippen molar-refractivity contribution in [2.45, 2.75) is 76.5 Å². The first-order chi connectivity index (χ1) is 27.0. The molecule has 7 aromatic carbocycles. The van der Waals surface area contributed by atoms with E-state index in [1.165, 1.54) is 84.8 Å². The molecule has 0 amide bonds. The maximum Gasteiger partial charge on any atom is 0.135 e. The summed E-state index contributed by atoms with van der Waals surface area (Å²) in [7, 11) is 0. The Morgan fingerprint density at radius 3 is 1.80 bits per heavy atom. The van der Waals surface area contributed by atoms with Crippen molar-refractivity contribution in [2.75, 3.05) is 0 Å². The second-order valence-corrected chi connectivity index (χ2v) is 18.3. The lowest BCUT2D eigenvalue weighted by molar-refractivity contribution is 0.332. The minimum absolute atomic E-state index is 0.0269. The lowest BCUT2D eigenvalue weighted by Gasteiger charge is -2.41. The van der Waals surface area contributed by atoms with E-state index in [2.05, 4.69) is 175 Å². The zero-order valence-electron chi connectivity index (χ0n) is 33.1. The minimum atomic E-state index is -0.104. The highest BCUT2D eigenvalue weighted by molar-refractivity contribution is 6.07. The fraction of sp³-hybridized carbons (Fsp3) is 0.222. The number of hydrogen-bond donors (Lipinski definition) is 0. The molecule has 0 bridgehead atoms. The van der Waals surface area contributed by atoms with E-state index in [1.54, 1.807) is 0 Å². The van der Waals surface area contributed by atoms with Gasteiger partial charge in [0.15, 0.2) is 0 Å². The molecule has 0 fully saturated rings. The molecular weight excluding hydrogens is 681 g/mol. The highest BCUT2D eigenvalue weighted by Gasteiger charge is 2.38. The van der Waals surface area contributed by atoms with Crippen molar-refractivity contribution in [1.82, 2.24) is 0 Å². The fourth-order valence-corrected chi connectivity index (χ4v) is 10.4. The largest absolute Gasteiger partial charge is 0.456 e. The third-order valence-electron chi connectivity index (χ3n) is 13.7. The van der Waals surface area contributed by atoms with Gasteiger partial charge in [-0.05, 0) is 127 Å². The van der Waals surface area contributed by atoms with Gasteiger partial charge in [-0.3, -0.25) is 0 Å². The van der Waals surface area contributed by atoms with Crippen molar-refractivity contribution in [3.63, 3.8) is 0 Å². The standard InChI is InChI=1S/C54H46O2/c1-52(2)25-26-53(3,4)46-31-50-42(30-45(46)52)41-27-32(20-23-49(41)56-50)35-13-7-8-16-39(35)51(33-21-24-48-40(28-33)38-15-10-12-18-47(38)55-48)34-19-22-37-36-14-9-11-17-43(36)54(5,6)44(37)29-34/h7-24,27-31,51H,25-26H2,1-6H3. The quantitative estimate of drug-likeness (QED) is 0.169. The van der Waals surface area contributed by atoms with Crippen molar-refractivity contribution < 1.29 is 8.83 Å². The molecule has 11 rings (SSSR count). The smallest absolute Gasteiger partial charge is 0.135 e. The van der Waals surface area contributed by atoms with Crippen molar-refractivity contribution in [2.24, 2.45) is 0 Å². The Balaban J connectivity index is 1.12. The SMILES string of the molecule is CC1(C)CCC(C)(C)c2cc3c(cc21)oc1ccc(-c2ccccc2C(c2ccc4c(c2)C(C)(C)c2ccccc2-4)c2ccc4oc5ccccc5c4c2)cc13. The van der Waals surface area contributed by atoms with Crippen LogP contribution in [0.4, 0.5) is 0 Å². The molecule has 0 aliphatic heterocycles. The van der Waals surface area contributed by atoms with Crippen LogP contribution in [0, 0.1) is 0 Å². The van der Waals surface area contributed by atoms with Gasteiger partial charge in [-0.15, -0.1) is 0 Å². The van der Waals surface area contributed by atoms with E-state index in [-0.39, 0.29) is 22.2 Å². The van der Waals surface area contributed by atoms with Gasteiger partial charge >= 0.3 is 0 Å². The van der Waals surface area contributed by atoms with E-state index in [9.17, 15) is 0 Å². The molecule has 2 heteroatoms. The molecule has 2 aliphatic carbocycles. The Morgan fingerprint density at radius 2 is 0.982 bits per heavy atom. The second kappa shape index (κ2) is 11.6. The second-order valence-electron chi connectivity index (χ2n) is 18.3. The van der Waals surface area contributed by atoms with Crippen molar-refractivity contribution in [1.29, 1.82) is 0 Å². The first-order valence-electron chi connectivity index (χ1n) is 20.2. The Kier molecular flexibility index (Phi) is 6.93. The summed E-state index contributed by atoms with van der Waals surface area (Å²) in [6, 6.07) is 52.0. The number of rotatable bonds is 4. The maximum absolute atomic E-state index is 6.64. The summed E-state index contributed by atoms with van der Waals surface area (Å²) < 4.78 is 13.0. The van der Waals surface area contributed by atoms with Crippen LogP contribution in [0.5, 0.6) is 0 Å². The van der Waals surface area contributed by atoms with Gasteiger partial charge < -0.3 is 8.83 Å². The summed E-state index contributed by atoms with van der Waals surface area (Å²) in [6.07, 6.45) is 2.36. The molecule has 2 aromatic heterocycles. The van der Waals surface area contributed by atoms with E-state index >= 15 is 0 Å². The summed E-state index contributed by atoms with van der Waals surface area (Å²) in [6.45, 7) is 14.3. The molecule has 1 atom stereocenters. The van der Waals surface area contributed by atoms with Gasteiger partial charge in [0, 0.05) is 32.9 Å². The van der Waals surface area contributed by atoms with Crippen molar-refractivity contribution in [3.05, 3.63) is 178 Å². The van der Waals surface area contributed by atoms with Crippen LogP contribution in [-0.2, 0) is 16.2 Å². The predicted octanol–water partition coefficient (Wildman–Crippen LogP) is 15.0. The number of furan rings is 2. The van der Waals surface area contributed by atoms with Crippen LogP contribution in [0.3, 0.4) is 0 Å². The molecule has 0 N–H and O–H groups in total. The van der Waals surface area contributed by atoms with E-state index in [0.717, 1.165) is 33.1 Å². The summed E-state index contributed by atoms with van der Waals surface area (Å²) in [5.74, 6) is -0.0269. The number of hydrogen-bond acceptors (Lipinski definition) is 2. The molecule has 1 unspecified atom stereocenters. The molecule has 56 heavy (non-hydrogen) atoms.